The minimum atomic E-state index is -2.46. The largest absolute Gasteiger partial charge is 0.321 e. The van der Waals surface area contributed by atoms with E-state index in [1.165, 1.54) is 7.11 Å². The molecule has 0 aliphatic carbocycles. The first-order valence-electron chi connectivity index (χ1n) is 4.04. The van der Waals surface area contributed by atoms with Crippen LogP contribution >= 0.6 is 7.52 Å². The number of hydrogen-bond acceptors (Lipinski definition) is 2. The molecule has 68 valence electrons. The summed E-state index contributed by atoms with van der Waals surface area (Å²) in [5, 5.41) is 0. The number of hydrogen-bond donors (Lipinski definition) is 0. The molecular weight excluding hydrogens is 161 g/mol. The smallest absolute Gasteiger partial charge is 0.271 e. The van der Waals surface area contributed by atoms with Gasteiger partial charge in [-0.15, -0.1) is 0 Å². The summed E-state index contributed by atoms with van der Waals surface area (Å²) in [6.07, 6.45) is 0.588. The van der Waals surface area contributed by atoms with Crippen LogP contribution in [0.5, 0.6) is 0 Å². The zero-order valence-corrected chi connectivity index (χ0v) is 8.73. The van der Waals surface area contributed by atoms with Crippen LogP contribution in [0.15, 0.2) is 0 Å². The van der Waals surface area contributed by atoms with E-state index in [2.05, 4.69) is 0 Å². The van der Waals surface area contributed by atoms with Gasteiger partial charge in [-0.25, -0.2) is 4.67 Å². The highest BCUT2D eigenvalue weighted by Crippen LogP contribution is 2.48. The molecule has 0 spiro atoms. The van der Waals surface area contributed by atoms with Crippen molar-refractivity contribution in [2.75, 3.05) is 26.4 Å². The summed E-state index contributed by atoms with van der Waals surface area (Å²) in [6, 6.07) is 0. The monoisotopic (exact) mass is 179 g/mol. The van der Waals surface area contributed by atoms with Crippen LogP contribution in [0.1, 0.15) is 20.8 Å². The molecule has 0 rings (SSSR count). The Kier molecular flexibility index (Phi) is 4.98. The molecule has 0 fully saturated rings. The Hall–Kier alpha value is 0.150. The van der Waals surface area contributed by atoms with Crippen LogP contribution in [-0.4, -0.2) is 31.0 Å². The molecule has 0 aliphatic rings. The van der Waals surface area contributed by atoms with Gasteiger partial charge in [-0.2, -0.15) is 0 Å². The van der Waals surface area contributed by atoms with E-state index in [1.807, 2.05) is 25.4 Å². The van der Waals surface area contributed by atoms with Crippen LogP contribution in [0, 0.1) is 0 Å². The standard InChI is InChI=1S/C7H18NO2P/c1-5-8(6-2)11(9,7-3)10-4/h5-7H2,1-4H3. The molecule has 0 aromatic rings. The van der Waals surface area contributed by atoms with Crippen molar-refractivity contribution in [2.24, 2.45) is 0 Å². The molecule has 0 saturated heterocycles. The molecule has 0 bridgehead atoms. The second kappa shape index (κ2) is 4.91. The second-order valence-corrected chi connectivity index (χ2v) is 5.11. The van der Waals surface area contributed by atoms with Crippen molar-refractivity contribution in [1.29, 1.82) is 0 Å². The summed E-state index contributed by atoms with van der Waals surface area (Å²) in [5.41, 5.74) is 0. The summed E-state index contributed by atoms with van der Waals surface area (Å²) in [4.78, 5) is 0. The van der Waals surface area contributed by atoms with Crippen molar-refractivity contribution in [2.45, 2.75) is 20.8 Å². The topological polar surface area (TPSA) is 29.5 Å². The first kappa shape index (κ1) is 11.2. The molecule has 0 heterocycles. The first-order chi connectivity index (χ1) is 5.14. The molecule has 0 N–H and O–H groups in total. The fourth-order valence-corrected chi connectivity index (χ4v) is 2.85. The normalized spacial score (nSPS) is 16.8. The third-order valence-electron chi connectivity index (χ3n) is 1.85. The third kappa shape index (κ3) is 2.58. The molecule has 1 atom stereocenters. The minimum Gasteiger partial charge on any atom is -0.321 e. The molecule has 0 aromatic carbocycles. The van der Waals surface area contributed by atoms with E-state index in [9.17, 15) is 4.57 Å². The Morgan fingerprint density at radius 1 is 1.27 bits per heavy atom. The Morgan fingerprint density at radius 2 is 1.73 bits per heavy atom. The number of rotatable bonds is 5. The first-order valence-corrected chi connectivity index (χ1v) is 5.81. The van der Waals surface area contributed by atoms with Crippen LogP contribution in [0.25, 0.3) is 0 Å². The Morgan fingerprint density at radius 3 is 1.82 bits per heavy atom. The van der Waals surface area contributed by atoms with Crippen molar-refractivity contribution >= 4 is 7.52 Å². The van der Waals surface area contributed by atoms with Gasteiger partial charge in [0.1, 0.15) is 0 Å². The lowest BCUT2D eigenvalue weighted by molar-refractivity contribution is 0.318. The van der Waals surface area contributed by atoms with E-state index >= 15 is 0 Å². The van der Waals surface area contributed by atoms with Crippen molar-refractivity contribution in [3.05, 3.63) is 0 Å². The third-order valence-corrected chi connectivity index (χ3v) is 4.64. The molecule has 0 aliphatic heterocycles. The van der Waals surface area contributed by atoms with Gasteiger partial charge in [0.15, 0.2) is 0 Å². The molecule has 0 amide bonds. The van der Waals surface area contributed by atoms with E-state index < -0.39 is 7.52 Å². The lowest BCUT2D eigenvalue weighted by atomic mass is 10.7. The minimum absolute atomic E-state index is 0.588. The second-order valence-electron chi connectivity index (χ2n) is 2.28. The molecule has 1 unspecified atom stereocenters. The van der Waals surface area contributed by atoms with Crippen LogP contribution in [0.3, 0.4) is 0 Å². The summed E-state index contributed by atoms with van der Waals surface area (Å²) < 4.78 is 18.7. The highest BCUT2D eigenvalue weighted by atomic mass is 31.2. The summed E-state index contributed by atoms with van der Waals surface area (Å²) in [5.74, 6) is 0. The fraction of sp³-hybridized carbons (Fsp3) is 1.00. The predicted molar refractivity (Wildman–Crippen MR) is 48.1 cm³/mol. The van der Waals surface area contributed by atoms with Gasteiger partial charge in [-0.3, -0.25) is 4.57 Å². The van der Waals surface area contributed by atoms with Gasteiger partial charge in [0.05, 0.1) is 0 Å². The summed E-state index contributed by atoms with van der Waals surface area (Å²) in [7, 11) is -0.941. The maximum atomic E-state index is 11.8. The lowest BCUT2D eigenvalue weighted by Gasteiger charge is -2.26. The molecular formula is C7H18NO2P. The molecule has 0 aromatic heterocycles. The van der Waals surface area contributed by atoms with Crippen LogP contribution < -0.4 is 0 Å². The van der Waals surface area contributed by atoms with E-state index in [-0.39, 0.29) is 0 Å². The van der Waals surface area contributed by atoms with Crippen LogP contribution in [0.4, 0.5) is 0 Å². The van der Waals surface area contributed by atoms with E-state index in [4.69, 9.17) is 4.52 Å². The Bertz CT molecular complexity index is 137. The maximum Gasteiger partial charge on any atom is 0.271 e. The highest BCUT2D eigenvalue weighted by molar-refractivity contribution is 7.56. The van der Waals surface area contributed by atoms with Gasteiger partial charge in [0.25, 0.3) is 7.52 Å². The van der Waals surface area contributed by atoms with Crippen LogP contribution in [0.2, 0.25) is 0 Å². The van der Waals surface area contributed by atoms with Gasteiger partial charge in [0.2, 0.25) is 0 Å². The van der Waals surface area contributed by atoms with Gasteiger partial charge >= 0.3 is 0 Å². The van der Waals surface area contributed by atoms with Gasteiger partial charge in [-0.1, -0.05) is 20.8 Å². The summed E-state index contributed by atoms with van der Waals surface area (Å²) >= 11 is 0. The lowest BCUT2D eigenvalue weighted by Crippen LogP contribution is -2.21. The number of nitrogens with zero attached hydrogens (tertiary/aromatic N) is 1. The van der Waals surface area contributed by atoms with E-state index in [1.54, 1.807) is 0 Å². The average Bonchev–Trinajstić information content (AvgIpc) is 2.06. The molecule has 0 radical (unpaired) electrons. The van der Waals surface area contributed by atoms with E-state index in [0.717, 1.165) is 13.1 Å². The highest BCUT2D eigenvalue weighted by Gasteiger charge is 2.25. The Labute approximate surface area is 69.2 Å². The quantitative estimate of drug-likeness (QED) is 0.606. The zero-order chi connectivity index (χ0) is 8.91. The van der Waals surface area contributed by atoms with Crippen molar-refractivity contribution in [3.63, 3.8) is 0 Å². The SMILES string of the molecule is CCN(CC)P(=O)(CC)OC. The average molecular weight is 179 g/mol. The fourth-order valence-electron chi connectivity index (χ4n) is 1.10. The molecule has 4 heteroatoms. The van der Waals surface area contributed by atoms with Crippen molar-refractivity contribution < 1.29 is 9.09 Å². The zero-order valence-electron chi connectivity index (χ0n) is 7.83. The van der Waals surface area contributed by atoms with Gasteiger partial charge in [0, 0.05) is 26.4 Å². The van der Waals surface area contributed by atoms with Gasteiger partial charge in [-0.05, 0) is 0 Å². The molecule has 3 nitrogen and oxygen atoms in total. The predicted octanol–water partition coefficient (Wildman–Crippen LogP) is 2.19. The Balaban J connectivity index is 4.32. The van der Waals surface area contributed by atoms with Crippen molar-refractivity contribution in [1.82, 2.24) is 4.67 Å². The molecule has 0 saturated carbocycles. The van der Waals surface area contributed by atoms with Crippen LogP contribution in [-0.2, 0) is 9.09 Å². The molecule has 11 heavy (non-hydrogen) atoms. The maximum absolute atomic E-state index is 11.8. The summed E-state index contributed by atoms with van der Waals surface area (Å²) in [6.45, 7) is 7.45. The van der Waals surface area contributed by atoms with Gasteiger partial charge < -0.3 is 4.52 Å². The van der Waals surface area contributed by atoms with E-state index in [0.29, 0.717) is 6.16 Å². The van der Waals surface area contributed by atoms with Crippen molar-refractivity contribution in [3.8, 4) is 0 Å².